The number of nitrogens with zero attached hydrogens (tertiary/aromatic N) is 4. The maximum atomic E-state index is 8.99. The van der Waals surface area contributed by atoms with Crippen LogP contribution in [-0.4, -0.2) is 29.3 Å². The van der Waals surface area contributed by atoms with Gasteiger partial charge in [-0.15, -0.1) is 0 Å². The number of halogens is 1. The van der Waals surface area contributed by atoms with Gasteiger partial charge >= 0.3 is 0 Å². The van der Waals surface area contributed by atoms with Gasteiger partial charge in [-0.2, -0.15) is 5.26 Å². The molecular formula is C28H23ClN6. The number of anilines is 1. The van der Waals surface area contributed by atoms with Crippen molar-refractivity contribution >= 4 is 34.5 Å². The first-order chi connectivity index (χ1) is 17.2. The number of nitrogens with one attached hydrogen (secondary N) is 2. The molecular weight excluding hydrogens is 456 g/mol. The van der Waals surface area contributed by atoms with Crippen LogP contribution in [-0.2, 0) is 0 Å². The first-order valence-corrected chi connectivity index (χ1v) is 11.8. The van der Waals surface area contributed by atoms with Gasteiger partial charge in [0.1, 0.15) is 11.6 Å². The lowest BCUT2D eigenvalue weighted by Gasteiger charge is -2.15. The summed E-state index contributed by atoms with van der Waals surface area (Å²) in [6.45, 7) is 1.29. The van der Waals surface area contributed by atoms with Gasteiger partial charge in [0.05, 0.1) is 17.5 Å². The van der Waals surface area contributed by atoms with Gasteiger partial charge in [0, 0.05) is 35.3 Å². The minimum Gasteiger partial charge on any atom is -0.369 e. The molecule has 1 unspecified atom stereocenters. The van der Waals surface area contributed by atoms with Crippen LogP contribution in [0.2, 0.25) is 5.02 Å². The fraction of sp³-hybridized carbons (Fsp3) is 0.143. The Labute approximate surface area is 209 Å². The van der Waals surface area contributed by atoms with E-state index in [0.717, 1.165) is 39.2 Å². The van der Waals surface area contributed by atoms with Crippen molar-refractivity contribution in [1.29, 1.82) is 5.26 Å². The molecule has 0 aliphatic carbocycles. The average Bonchev–Trinajstić information content (AvgIpc) is 2.91. The van der Waals surface area contributed by atoms with Crippen LogP contribution in [0.1, 0.15) is 6.42 Å². The molecule has 3 aromatic carbocycles. The van der Waals surface area contributed by atoms with E-state index in [1.165, 1.54) is 0 Å². The Bertz CT molecular complexity index is 1460. The minimum atomic E-state index is -0.142. The molecule has 0 spiro atoms. The van der Waals surface area contributed by atoms with Crippen molar-refractivity contribution in [3.05, 3.63) is 89.7 Å². The average molecular weight is 479 g/mol. The van der Waals surface area contributed by atoms with Crippen molar-refractivity contribution in [3.8, 4) is 28.6 Å². The smallest absolute Gasteiger partial charge is 0.162 e. The summed E-state index contributed by atoms with van der Waals surface area (Å²) in [5, 5.41) is 17.3. The Morgan fingerprint density at radius 1 is 0.914 bits per heavy atom. The standard InChI is InChI=1S/C28H23ClN6/c29-21-11-12-22(20-6-2-1-3-7-20)24(16-21)28-34-25-9-5-4-8-23(25)27(35-28)32-15-14-31-26-13-10-19(17-30)18-33-26/h1-9,11-13,16,18-19,31H,10,14-15H2,(H,32,34,35). The molecule has 172 valence electrons. The minimum absolute atomic E-state index is 0.142. The zero-order valence-electron chi connectivity index (χ0n) is 18.9. The molecule has 2 N–H and O–H groups in total. The third kappa shape index (κ3) is 5.16. The number of hydrogen-bond acceptors (Lipinski definition) is 6. The molecule has 6 nitrogen and oxygen atoms in total. The quantitative estimate of drug-likeness (QED) is 0.314. The molecule has 5 rings (SSSR count). The zero-order chi connectivity index (χ0) is 24.0. The Morgan fingerprint density at radius 3 is 2.51 bits per heavy atom. The van der Waals surface area contributed by atoms with Gasteiger partial charge < -0.3 is 10.6 Å². The summed E-state index contributed by atoms with van der Waals surface area (Å²) in [5.41, 5.74) is 3.84. The molecule has 1 aliphatic rings. The van der Waals surface area contributed by atoms with E-state index in [9.17, 15) is 0 Å². The molecule has 0 amide bonds. The molecule has 0 radical (unpaired) electrons. The van der Waals surface area contributed by atoms with Crippen molar-refractivity contribution in [2.75, 3.05) is 18.4 Å². The van der Waals surface area contributed by atoms with Crippen molar-refractivity contribution in [2.45, 2.75) is 6.42 Å². The molecule has 7 heteroatoms. The van der Waals surface area contributed by atoms with Crippen LogP contribution in [0.5, 0.6) is 0 Å². The highest BCUT2D eigenvalue weighted by Gasteiger charge is 2.14. The lowest BCUT2D eigenvalue weighted by atomic mass is 9.99. The van der Waals surface area contributed by atoms with E-state index in [-0.39, 0.29) is 5.92 Å². The molecule has 4 aromatic rings. The number of para-hydroxylation sites is 1. The fourth-order valence-corrected chi connectivity index (χ4v) is 4.17. The predicted octanol–water partition coefficient (Wildman–Crippen LogP) is 6.07. The number of allylic oxidation sites excluding steroid dienone is 1. The Hall–Kier alpha value is -4.21. The van der Waals surface area contributed by atoms with Gasteiger partial charge in [0.15, 0.2) is 5.82 Å². The summed E-state index contributed by atoms with van der Waals surface area (Å²) in [4.78, 5) is 14.1. The SMILES string of the molecule is N#CC1C=NC(NCCNc2nc(-c3cc(Cl)ccc3-c3ccccc3)nc3ccccc23)=CC1. The van der Waals surface area contributed by atoms with Gasteiger partial charge in [-0.3, -0.25) is 0 Å². The Morgan fingerprint density at radius 2 is 1.71 bits per heavy atom. The summed E-state index contributed by atoms with van der Waals surface area (Å²) >= 11 is 6.39. The highest BCUT2D eigenvalue weighted by molar-refractivity contribution is 6.31. The Kier molecular flexibility index (Phi) is 6.69. The van der Waals surface area contributed by atoms with E-state index in [1.807, 2.05) is 66.7 Å². The van der Waals surface area contributed by atoms with Crippen molar-refractivity contribution in [1.82, 2.24) is 15.3 Å². The first-order valence-electron chi connectivity index (χ1n) is 11.4. The molecule has 2 heterocycles. The summed E-state index contributed by atoms with van der Waals surface area (Å²) in [5.74, 6) is 2.02. The normalized spacial score (nSPS) is 14.9. The van der Waals surface area contributed by atoms with E-state index >= 15 is 0 Å². The summed E-state index contributed by atoms with van der Waals surface area (Å²) in [6.07, 6.45) is 4.32. The number of nitriles is 1. The van der Waals surface area contributed by atoms with Crippen LogP contribution >= 0.6 is 11.6 Å². The molecule has 1 atom stereocenters. The van der Waals surface area contributed by atoms with Crippen molar-refractivity contribution in [2.24, 2.45) is 10.9 Å². The van der Waals surface area contributed by atoms with Gasteiger partial charge in [0.2, 0.25) is 0 Å². The van der Waals surface area contributed by atoms with Crippen LogP contribution < -0.4 is 10.6 Å². The molecule has 0 saturated carbocycles. The van der Waals surface area contributed by atoms with E-state index in [4.69, 9.17) is 26.8 Å². The highest BCUT2D eigenvalue weighted by Crippen LogP contribution is 2.34. The van der Waals surface area contributed by atoms with Crippen LogP contribution in [0.15, 0.2) is 89.7 Å². The van der Waals surface area contributed by atoms with E-state index in [1.54, 1.807) is 6.21 Å². The van der Waals surface area contributed by atoms with Crippen molar-refractivity contribution < 1.29 is 0 Å². The van der Waals surface area contributed by atoms with Crippen molar-refractivity contribution in [3.63, 3.8) is 0 Å². The molecule has 1 aromatic heterocycles. The van der Waals surface area contributed by atoms with Crippen LogP contribution in [0.4, 0.5) is 5.82 Å². The number of hydrogen-bond donors (Lipinski definition) is 2. The summed E-state index contributed by atoms with van der Waals surface area (Å²) in [6, 6.07) is 26.2. The zero-order valence-corrected chi connectivity index (χ0v) is 19.7. The van der Waals surface area contributed by atoms with Gasteiger partial charge in [-0.05, 0) is 47.9 Å². The molecule has 0 fully saturated rings. The number of rotatable bonds is 7. The number of aromatic nitrogens is 2. The van der Waals surface area contributed by atoms with Crippen LogP contribution in [0.25, 0.3) is 33.4 Å². The molecule has 35 heavy (non-hydrogen) atoms. The third-order valence-corrected chi connectivity index (χ3v) is 5.99. The lowest BCUT2D eigenvalue weighted by Crippen LogP contribution is -2.23. The van der Waals surface area contributed by atoms with Gasteiger partial charge in [0.25, 0.3) is 0 Å². The van der Waals surface area contributed by atoms with Gasteiger partial charge in [-0.1, -0.05) is 60.1 Å². The number of fused-ring (bicyclic) bond motifs is 1. The number of aliphatic imine (C=N–C) groups is 1. The van der Waals surface area contributed by atoms with Crippen LogP contribution in [0, 0.1) is 17.2 Å². The second-order valence-corrected chi connectivity index (χ2v) is 8.60. The summed E-state index contributed by atoms with van der Waals surface area (Å²) in [7, 11) is 0. The van der Waals surface area contributed by atoms with E-state index in [0.29, 0.717) is 30.4 Å². The Balaban J connectivity index is 1.42. The first kappa shape index (κ1) is 22.6. The number of benzene rings is 3. The lowest BCUT2D eigenvalue weighted by molar-refractivity contribution is 0.769. The monoisotopic (exact) mass is 478 g/mol. The topological polar surface area (TPSA) is 86.0 Å². The maximum absolute atomic E-state index is 8.99. The van der Waals surface area contributed by atoms with E-state index < -0.39 is 0 Å². The van der Waals surface area contributed by atoms with E-state index in [2.05, 4.69) is 33.8 Å². The highest BCUT2D eigenvalue weighted by atomic mass is 35.5. The maximum Gasteiger partial charge on any atom is 0.162 e. The second kappa shape index (κ2) is 10.4. The molecule has 0 bridgehead atoms. The fourth-order valence-electron chi connectivity index (χ4n) is 4.00. The predicted molar refractivity (Wildman–Crippen MR) is 142 cm³/mol. The third-order valence-electron chi connectivity index (χ3n) is 5.76. The van der Waals surface area contributed by atoms with Gasteiger partial charge in [-0.25, -0.2) is 15.0 Å². The molecule has 0 saturated heterocycles. The van der Waals surface area contributed by atoms with Crippen LogP contribution in [0.3, 0.4) is 0 Å². The summed E-state index contributed by atoms with van der Waals surface area (Å²) < 4.78 is 0. The second-order valence-electron chi connectivity index (χ2n) is 8.16. The molecule has 1 aliphatic heterocycles. The largest absolute Gasteiger partial charge is 0.369 e.